The zero-order valence-electron chi connectivity index (χ0n) is 32.9. The summed E-state index contributed by atoms with van der Waals surface area (Å²) >= 11 is 0. The molecule has 1 amide bonds. The number of hydrogen-bond donors (Lipinski definition) is 0. The minimum Gasteiger partial charge on any atom is -0.493 e. The zero-order valence-corrected chi connectivity index (χ0v) is 33.7. The van der Waals surface area contributed by atoms with Crippen LogP contribution in [0.5, 0.6) is 34.6 Å². The molecule has 0 aliphatic carbocycles. The fourth-order valence-electron chi connectivity index (χ4n) is 6.35. The maximum absolute atomic E-state index is 13.2. The Kier molecular flexibility index (Phi) is 15.4. The van der Waals surface area contributed by atoms with Gasteiger partial charge in [0.15, 0.2) is 11.5 Å². The second-order valence-electron chi connectivity index (χ2n) is 13.8. The molecule has 5 aromatic rings. The number of hydrogen-bond acceptors (Lipinski definition) is 9. The van der Waals surface area contributed by atoms with Gasteiger partial charge in [0.05, 0.1) is 38.7 Å². The molecular weight excluding hydrogens is 740 g/mol. The summed E-state index contributed by atoms with van der Waals surface area (Å²) in [4.78, 5) is 21.8. The average Bonchev–Trinajstić information content (AvgIpc) is 3.23. The molecule has 0 spiro atoms. The summed E-state index contributed by atoms with van der Waals surface area (Å²) in [5, 5.41) is 9.32. The topological polar surface area (TPSA) is 106 Å². The molecule has 0 radical (unpaired) electrons. The number of piperazine rings is 1. The highest BCUT2D eigenvalue weighted by Crippen LogP contribution is 2.41. The monoisotopic (exact) mass is 788 g/mol. The number of pyridine rings is 1. The number of carbonyl (C=O) groups is 1. The number of amides is 1. The quantitative estimate of drug-likeness (QED) is 0.0907. The maximum Gasteiger partial charge on any atom is 0.246 e. The Balaban J connectivity index is 0.00000620. The van der Waals surface area contributed by atoms with E-state index in [0.29, 0.717) is 60.1 Å². The van der Waals surface area contributed by atoms with Gasteiger partial charge in [-0.15, -0.1) is 12.4 Å². The van der Waals surface area contributed by atoms with E-state index < -0.39 is 0 Å². The molecule has 1 aliphatic heterocycles. The minimum atomic E-state index is -0.0481. The van der Waals surface area contributed by atoms with Crippen molar-refractivity contribution >= 4 is 24.4 Å². The van der Waals surface area contributed by atoms with Crippen LogP contribution in [0.2, 0.25) is 0 Å². The molecule has 6 rings (SSSR count). The van der Waals surface area contributed by atoms with Crippen molar-refractivity contribution in [1.29, 1.82) is 5.26 Å². The van der Waals surface area contributed by atoms with E-state index in [1.165, 1.54) is 16.7 Å². The number of rotatable bonds is 16. The van der Waals surface area contributed by atoms with Crippen molar-refractivity contribution in [2.45, 2.75) is 39.3 Å². The van der Waals surface area contributed by atoms with E-state index in [4.69, 9.17) is 23.7 Å². The van der Waals surface area contributed by atoms with E-state index in [2.05, 4.69) is 72.3 Å². The van der Waals surface area contributed by atoms with Crippen LogP contribution in [0.3, 0.4) is 0 Å². The molecule has 296 valence electrons. The van der Waals surface area contributed by atoms with E-state index in [1.54, 1.807) is 62.9 Å². The Morgan fingerprint density at radius 3 is 2.23 bits per heavy atom. The van der Waals surface area contributed by atoms with Gasteiger partial charge in [-0.1, -0.05) is 68.4 Å². The number of methoxy groups -OCH3 is 2. The van der Waals surface area contributed by atoms with Crippen molar-refractivity contribution < 1.29 is 28.5 Å². The molecule has 1 aromatic heterocycles. The van der Waals surface area contributed by atoms with Crippen LogP contribution in [-0.4, -0.2) is 67.7 Å². The van der Waals surface area contributed by atoms with E-state index in [9.17, 15) is 10.1 Å². The predicted molar refractivity (Wildman–Crippen MR) is 224 cm³/mol. The third-order valence-electron chi connectivity index (χ3n) is 9.65. The molecule has 0 saturated carbocycles. The Hall–Kier alpha value is -6.02. The minimum absolute atomic E-state index is 0. The van der Waals surface area contributed by atoms with Gasteiger partial charge in [-0.05, 0) is 70.6 Å². The van der Waals surface area contributed by atoms with E-state index >= 15 is 0 Å². The summed E-state index contributed by atoms with van der Waals surface area (Å²) in [6.45, 7) is 9.00. The Morgan fingerprint density at radius 1 is 0.842 bits per heavy atom. The molecule has 2 heterocycles. The fourth-order valence-corrected chi connectivity index (χ4v) is 6.35. The van der Waals surface area contributed by atoms with Gasteiger partial charge in [-0.3, -0.25) is 9.69 Å². The maximum atomic E-state index is 13.2. The molecule has 1 aliphatic rings. The molecule has 11 heteroatoms. The second-order valence-corrected chi connectivity index (χ2v) is 13.8. The first-order valence-electron chi connectivity index (χ1n) is 18.8. The lowest BCUT2D eigenvalue weighted by atomic mass is 10.0. The first kappa shape index (κ1) is 42.1. The van der Waals surface area contributed by atoms with Crippen LogP contribution < -0.4 is 23.7 Å². The smallest absolute Gasteiger partial charge is 0.246 e. The molecule has 0 unspecified atom stereocenters. The molecular formula is C46H49ClN4O6. The Morgan fingerprint density at radius 2 is 1.56 bits per heavy atom. The van der Waals surface area contributed by atoms with Crippen molar-refractivity contribution in [1.82, 2.24) is 14.8 Å². The summed E-state index contributed by atoms with van der Waals surface area (Å²) in [6, 6.07) is 33.5. The summed E-state index contributed by atoms with van der Waals surface area (Å²) in [5.41, 5.74) is 5.87. The number of aromatic nitrogens is 1. The van der Waals surface area contributed by atoms with Crippen molar-refractivity contribution in [3.63, 3.8) is 0 Å². The predicted octanol–water partition coefficient (Wildman–Crippen LogP) is 8.87. The molecule has 1 fully saturated rings. The number of nitrogens with zero attached hydrogens (tertiary/aromatic N) is 4. The van der Waals surface area contributed by atoms with Gasteiger partial charge in [0.2, 0.25) is 17.5 Å². The first-order valence-corrected chi connectivity index (χ1v) is 18.8. The highest BCUT2D eigenvalue weighted by atomic mass is 35.5. The number of carbonyl (C=O) groups excluding carboxylic acids is 1. The molecule has 0 bridgehead atoms. The lowest BCUT2D eigenvalue weighted by Gasteiger charge is -2.34. The molecule has 0 atom stereocenters. The van der Waals surface area contributed by atoms with Crippen LogP contribution in [0.15, 0.2) is 109 Å². The van der Waals surface area contributed by atoms with Crippen LogP contribution in [0.4, 0.5) is 0 Å². The molecule has 10 nitrogen and oxygen atoms in total. The molecule has 4 aromatic carbocycles. The first-order chi connectivity index (χ1) is 27.3. The SMILES string of the molecule is COc1cc(/C=C/C(=O)N2CCN(Cc3ccc(CCOc4cccc(C(C)C)c4)cc3)CC2)cc(OC)c1Oc1ccc(OCc2ccccc2C#N)cn1.Cl. The van der Waals surface area contributed by atoms with Crippen molar-refractivity contribution in [3.05, 3.63) is 143 Å². The van der Waals surface area contributed by atoms with Crippen molar-refractivity contribution in [3.8, 4) is 40.7 Å². The fraction of sp³-hybridized carbons (Fsp3) is 0.283. The third-order valence-corrected chi connectivity index (χ3v) is 9.65. The number of ether oxygens (including phenoxy) is 5. The summed E-state index contributed by atoms with van der Waals surface area (Å²) in [7, 11) is 3.09. The molecule has 1 saturated heterocycles. The number of benzene rings is 4. The van der Waals surface area contributed by atoms with E-state index in [1.807, 2.05) is 29.2 Å². The number of halogens is 1. The average molecular weight is 789 g/mol. The highest BCUT2D eigenvalue weighted by Gasteiger charge is 2.20. The summed E-state index contributed by atoms with van der Waals surface area (Å²) < 4.78 is 29.2. The lowest BCUT2D eigenvalue weighted by molar-refractivity contribution is -0.127. The lowest BCUT2D eigenvalue weighted by Crippen LogP contribution is -2.47. The normalized spacial score (nSPS) is 12.8. The molecule has 0 N–H and O–H groups in total. The van der Waals surface area contributed by atoms with Crippen LogP contribution in [0, 0.1) is 11.3 Å². The van der Waals surface area contributed by atoms with Crippen LogP contribution in [-0.2, 0) is 24.4 Å². The van der Waals surface area contributed by atoms with Crippen LogP contribution >= 0.6 is 12.4 Å². The summed E-state index contributed by atoms with van der Waals surface area (Å²) in [6.07, 6.45) is 5.75. The summed E-state index contributed by atoms with van der Waals surface area (Å²) in [5.74, 6) is 3.39. The van der Waals surface area contributed by atoms with Crippen LogP contribution in [0.1, 0.15) is 53.1 Å². The van der Waals surface area contributed by atoms with Gasteiger partial charge in [-0.25, -0.2) is 4.98 Å². The van der Waals surface area contributed by atoms with Gasteiger partial charge in [0.1, 0.15) is 18.1 Å². The highest BCUT2D eigenvalue weighted by molar-refractivity contribution is 5.92. The Labute approximate surface area is 341 Å². The van der Waals surface area contributed by atoms with Gasteiger partial charge < -0.3 is 28.6 Å². The third kappa shape index (κ3) is 11.7. The molecule has 57 heavy (non-hydrogen) atoms. The zero-order chi connectivity index (χ0) is 39.3. The van der Waals surface area contributed by atoms with Gasteiger partial charge in [0.25, 0.3) is 0 Å². The standard InChI is InChI=1S/C46H48N4O6.ClH/c1-33(2)37-10-7-11-40(28-37)54-25-20-34-12-14-35(15-13-34)31-49-21-23-50(24-22-49)45(51)19-16-36-26-42(52-3)46(43(27-36)53-4)56-44-18-17-41(30-48-44)55-32-39-9-6-5-8-38(39)29-47;/h5-19,26-28,30,33H,20-25,31-32H2,1-4H3;1H/b19-16+;. The largest absolute Gasteiger partial charge is 0.493 e. The van der Waals surface area contributed by atoms with Gasteiger partial charge in [-0.2, -0.15) is 5.26 Å². The van der Waals surface area contributed by atoms with E-state index in [-0.39, 0.29) is 24.9 Å². The van der Waals surface area contributed by atoms with Crippen LogP contribution in [0.25, 0.3) is 6.08 Å². The second kappa shape index (κ2) is 20.8. The van der Waals surface area contributed by atoms with E-state index in [0.717, 1.165) is 42.9 Å². The number of nitriles is 1. The van der Waals surface area contributed by atoms with Gasteiger partial charge in [0, 0.05) is 56.9 Å². The van der Waals surface area contributed by atoms with Crippen molar-refractivity contribution in [2.24, 2.45) is 0 Å². The Bertz CT molecular complexity index is 2120. The van der Waals surface area contributed by atoms with Gasteiger partial charge >= 0.3 is 0 Å². The van der Waals surface area contributed by atoms with Crippen molar-refractivity contribution in [2.75, 3.05) is 47.0 Å².